The topological polar surface area (TPSA) is 29.3 Å². The van der Waals surface area contributed by atoms with Crippen LogP contribution in [0.3, 0.4) is 0 Å². The Morgan fingerprint density at radius 2 is 1.88 bits per heavy atom. The molecular formula is C13H17ClN2. The van der Waals surface area contributed by atoms with Crippen LogP contribution in [-0.4, -0.2) is 18.1 Å². The summed E-state index contributed by atoms with van der Waals surface area (Å²) in [5, 5.41) is 0.826. The van der Waals surface area contributed by atoms with Gasteiger partial charge in [0.15, 0.2) is 0 Å². The molecule has 3 rings (SSSR count). The van der Waals surface area contributed by atoms with Gasteiger partial charge in [-0.15, -0.1) is 0 Å². The maximum absolute atomic E-state index is 6.07. The molecule has 16 heavy (non-hydrogen) atoms. The monoisotopic (exact) mass is 236 g/mol. The number of rotatable bonds is 1. The van der Waals surface area contributed by atoms with E-state index in [1.807, 2.05) is 12.1 Å². The summed E-state index contributed by atoms with van der Waals surface area (Å²) in [6.45, 7) is 0. The van der Waals surface area contributed by atoms with Crippen molar-refractivity contribution in [2.45, 2.75) is 43.8 Å². The molecule has 0 aliphatic carbocycles. The molecule has 2 atom stereocenters. The van der Waals surface area contributed by atoms with E-state index in [1.54, 1.807) is 0 Å². The summed E-state index contributed by atoms with van der Waals surface area (Å²) < 4.78 is 0. The number of anilines is 1. The van der Waals surface area contributed by atoms with Crippen LogP contribution in [0.2, 0.25) is 5.02 Å². The zero-order valence-corrected chi connectivity index (χ0v) is 10.0. The van der Waals surface area contributed by atoms with Gasteiger partial charge in [0.25, 0.3) is 0 Å². The minimum Gasteiger partial charge on any atom is -0.365 e. The first kappa shape index (κ1) is 10.4. The lowest BCUT2D eigenvalue weighted by molar-refractivity contribution is 0.414. The van der Waals surface area contributed by atoms with Crippen LogP contribution >= 0.6 is 11.6 Å². The molecule has 0 amide bonds. The van der Waals surface area contributed by atoms with Crippen molar-refractivity contribution in [2.75, 3.05) is 4.90 Å². The molecule has 2 saturated heterocycles. The lowest BCUT2D eigenvalue weighted by atomic mass is 9.97. The van der Waals surface area contributed by atoms with E-state index >= 15 is 0 Å². The molecular weight excluding hydrogens is 220 g/mol. The Labute approximate surface area is 101 Å². The predicted octanol–water partition coefficient (Wildman–Crippen LogP) is 2.80. The summed E-state index contributed by atoms with van der Waals surface area (Å²) in [6, 6.07) is 9.86. The minimum absolute atomic E-state index is 0.396. The SMILES string of the molecule is NC1CC2CCC(C1)N2c1cccc(Cl)c1. The van der Waals surface area contributed by atoms with E-state index in [4.69, 9.17) is 17.3 Å². The largest absolute Gasteiger partial charge is 0.365 e. The van der Waals surface area contributed by atoms with Crippen LogP contribution in [-0.2, 0) is 0 Å². The third-order valence-electron chi connectivity index (χ3n) is 3.88. The molecule has 2 aliphatic heterocycles. The van der Waals surface area contributed by atoms with Crippen molar-refractivity contribution in [2.24, 2.45) is 5.73 Å². The van der Waals surface area contributed by atoms with Crippen molar-refractivity contribution in [1.29, 1.82) is 0 Å². The van der Waals surface area contributed by atoms with Crippen LogP contribution in [0.15, 0.2) is 24.3 Å². The van der Waals surface area contributed by atoms with Gasteiger partial charge in [-0.3, -0.25) is 0 Å². The number of benzene rings is 1. The van der Waals surface area contributed by atoms with Gasteiger partial charge in [-0.2, -0.15) is 0 Å². The van der Waals surface area contributed by atoms with Gasteiger partial charge in [0.05, 0.1) is 0 Å². The number of hydrogen-bond acceptors (Lipinski definition) is 2. The van der Waals surface area contributed by atoms with Crippen molar-refractivity contribution in [3.63, 3.8) is 0 Å². The van der Waals surface area contributed by atoms with Gasteiger partial charge in [0.1, 0.15) is 0 Å². The molecule has 2 heterocycles. The van der Waals surface area contributed by atoms with E-state index in [0.29, 0.717) is 18.1 Å². The first-order chi connectivity index (χ1) is 7.74. The lowest BCUT2D eigenvalue weighted by Gasteiger charge is -2.39. The average Bonchev–Trinajstić information content (AvgIpc) is 2.51. The van der Waals surface area contributed by atoms with Gasteiger partial charge in [-0.05, 0) is 43.9 Å². The highest BCUT2D eigenvalue weighted by Gasteiger charge is 2.39. The fourth-order valence-electron chi connectivity index (χ4n) is 3.28. The van der Waals surface area contributed by atoms with Crippen molar-refractivity contribution >= 4 is 17.3 Å². The highest BCUT2D eigenvalue weighted by Crippen LogP contribution is 2.39. The molecule has 2 fully saturated rings. The first-order valence-corrected chi connectivity index (χ1v) is 6.41. The first-order valence-electron chi connectivity index (χ1n) is 6.03. The van der Waals surface area contributed by atoms with Gasteiger partial charge < -0.3 is 10.6 Å². The van der Waals surface area contributed by atoms with Gasteiger partial charge in [0, 0.05) is 28.8 Å². The van der Waals surface area contributed by atoms with Crippen molar-refractivity contribution < 1.29 is 0 Å². The van der Waals surface area contributed by atoms with Gasteiger partial charge in [-0.25, -0.2) is 0 Å². The highest BCUT2D eigenvalue weighted by atomic mass is 35.5. The average molecular weight is 237 g/mol. The van der Waals surface area contributed by atoms with Crippen molar-refractivity contribution in [3.05, 3.63) is 29.3 Å². The Morgan fingerprint density at radius 3 is 2.50 bits per heavy atom. The van der Waals surface area contributed by atoms with E-state index in [-0.39, 0.29) is 0 Å². The summed E-state index contributed by atoms with van der Waals surface area (Å²) in [4.78, 5) is 2.54. The Bertz CT molecular complexity index is 379. The number of nitrogens with two attached hydrogens (primary N) is 1. The number of piperidine rings is 1. The molecule has 2 unspecified atom stereocenters. The van der Waals surface area contributed by atoms with E-state index in [9.17, 15) is 0 Å². The Kier molecular flexibility index (Phi) is 2.56. The summed E-state index contributed by atoms with van der Waals surface area (Å²) in [5.41, 5.74) is 7.34. The van der Waals surface area contributed by atoms with Gasteiger partial charge in [-0.1, -0.05) is 17.7 Å². The minimum atomic E-state index is 0.396. The summed E-state index contributed by atoms with van der Waals surface area (Å²) in [7, 11) is 0. The Morgan fingerprint density at radius 1 is 1.19 bits per heavy atom. The standard InChI is InChI=1S/C13H17ClN2/c14-9-2-1-3-11(6-9)16-12-4-5-13(16)8-10(15)7-12/h1-3,6,10,12-13H,4-5,7-8,15H2. The highest BCUT2D eigenvalue weighted by molar-refractivity contribution is 6.30. The Balaban J connectivity index is 1.91. The normalized spacial score (nSPS) is 33.1. The molecule has 0 radical (unpaired) electrons. The van der Waals surface area contributed by atoms with Crippen LogP contribution in [0.5, 0.6) is 0 Å². The molecule has 0 spiro atoms. The molecule has 2 bridgehead atoms. The molecule has 1 aromatic carbocycles. The van der Waals surface area contributed by atoms with E-state index < -0.39 is 0 Å². The summed E-state index contributed by atoms with van der Waals surface area (Å²) in [6.07, 6.45) is 4.82. The summed E-state index contributed by atoms with van der Waals surface area (Å²) >= 11 is 6.06. The molecule has 1 aromatic rings. The van der Waals surface area contributed by atoms with Gasteiger partial charge >= 0.3 is 0 Å². The number of fused-ring (bicyclic) bond motifs is 2. The molecule has 2 aliphatic rings. The second-order valence-corrected chi connectivity index (χ2v) is 5.44. The van der Waals surface area contributed by atoms with Crippen LogP contribution in [0.25, 0.3) is 0 Å². The molecule has 86 valence electrons. The fraction of sp³-hybridized carbons (Fsp3) is 0.538. The second kappa shape index (κ2) is 3.94. The van der Waals surface area contributed by atoms with Gasteiger partial charge in [0.2, 0.25) is 0 Å². The van der Waals surface area contributed by atoms with E-state index in [2.05, 4.69) is 17.0 Å². The molecule has 3 heteroatoms. The van der Waals surface area contributed by atoms with E-state index in [1.165, 1.54) is 18.5 Å². The van der Waals surface area contributed by atoms with E-state index in [0.717, 1.165) is 17.9 Å². The predicted molar refractivity (Wildman–Crippen MR) is 68.0 cm³/mol. The maximum atomic E-state index is 6.07. The molecule has 0 saturated carbocycles. The number of halogens is 1. The van der Waals surface area contributed by atoms with Crippen LogP contribution in [0.4, 0.5) is 5.69 Å². The third-order valence-corrected chi connectivity index (χ3v) is 4.11. The zero-order chi connectivity index (χ0) is 11.1. The number of nitrogens with zero attached hydrogens (tertiary/aromatic N) is 1. The number of hydrogen-bond donors (Lipinski definition) is 1. The van der Waals surface area contributed by atoms with Crippen LogP contribution in [0, 0.1) is 0 Å². The van der Waals surface area contributed by atoms with Crippen LogP contribution in [0.1, 0.15) is 25.7 Å². The second-order valence-electron chi connectivity index (χ2n) is 5.00. The zero-order valence-electron chi connectivity index (χ0n) is 9.27. The molecule has 2 nitrogen and oxygen atoms in total. The smallest absolute Gasteiger partial charge is 0.0426 e. The molecule has 2 N–H and O–H groups in total. The summed E-state index contributed by atoms with van der Waals surface area (Å²) in [5.74, 6) is 0. The lowest BCUT2D eigenvalue weighted by Crippen LogP contribution is -2.47. The Hall–Kier alpha value is -0.730. The quantitative estimate of drug-likeness (QED) is 0.813. The third kappa shape index (κ3) is 1.70. The van der Waals surface area contributed by atoms with Crippen molar-refractivity contribution in [3.8, 4) is 0 Å². The van der Waals surface area contributed by atoms with Crippen LogP contribution < -0.4 is 10.6 Å². The molecule has 0 aromatic heterocycles. The fourth-order valence-corrected chi connectivity index (χ4v) is 3.46. The maximum Gasteiger partial charge on any atom is 0.0426 e. The van der Waals surface area contributed by atoms with Crippen molar-refractivity contribution in [1.82, 2.24) is 0 Å².